The van der Waals surface area contributed by atoms with Crippen LogP contribution in [0.3, 0.4) is 0 Å². The molecule has 0 bridgehead atoms. The van der Waals surface area contributed by atoms with Crippen LogP contribution in [0.15, 0.2) is 89.7 Å². The summed E-state index contributed by atoms with van der Waals surface area (Å²) in [6.45, 7) is 0. The standard InChI is InChI=1S/C24H17BrN6O/c25-19-3-1-2-16(14-19)15-23(32)27-20-6-4-17(5-7-20)21-8-9-22-28-29-24(31(22)30-21)18-10-12-26-13-11-18/h1-14H,15H2,(H,27,32). The van der Waals surface area contributed by atoms with Crippen LogP contribution in [0, 0.1) is 0 Å². The predicted octanol–water partition coefficient (Wildman–Crippen LogP) is 4.80. The van der Waals surface area contributed by atoms with E-state index in [-0.39, 0.29) is 5.91 Å². The summed E-state index contributed by atoms with van der Waals surface area (Å²) >= 11 is 3.43. The number of pyridine rings is 1. The van der Waals surface area contributed by atoms with Crippen molar-refractivity contribution in [1.29, 1.82) is 0 Å². The van der Waals surface area contributed by atoms with Crippen LogP contribution >= 0.6 is 15.9 Å². The summed E-state index contributed by atoms with van der Waals surface area (Å²) in [7, 11) is 0. The van der Waals surface area contributed by atoms with Crippen molar-refractivity contribution in [1.82, 2.24) is 24.8 Å². The van der Waals surface area contributed by atoms with E-state index in [0.29, 0.717) is 17.9 Å². The number of carbonyl (C=O) groups excluding carboxylic acids is 1. The highest BCUT2D eigenvalue weighted by Crippen LogP contribution is 2.22. The van der Waals surface area contributed by atoms with Crippen LogP contribution in [0.4, 0.5) is 5.69 Å². The van der Waals surface area contributed by atoms with Gasteiger partial charge in [-0.1, -0.05) is 40.2 Å². The third-order valence-electron chi connectivity index (χ3n) is 4.92. The Bertz CT molecular complexity index is 1400. The highest BCUT2D eigenvalue weighted by molar-refractivity contribution is 9.10. The largest absolute Gasteiger partial charge is 0.326 e. The molecule has 0 atom stereocenters. The number of anilines is 1. The van der Waals surface area contributed by atoms with Gasteiger partial charge >= 0.3 is 0 Å². The molecule has 5 aromatic rings. The summed E-state index contributed by atoms with van der Waals surface area (Å²) in [6, 6.07) is 22.9. The topological polar surface area (TPSA) is 85.1 Å². The highest BCUT2D eigenvalue weighted by atomic mass is 79.9. The first kappa shape index (κ1) is 20.0. The number of halogens is 1. The van der Waals surface area contributed by atoms with Gasteiger partial charge in [0.2, 0.25) is 5.91 Å². The Morgan fingerprint density at radius 3 is 2.50 bits per heavy atom. The molecule has 0 aliphatic rings. The normalized spacial score (nSPS) is 10.9. The Morgan fingerprint density at radius 1 is 0.906 bits per heavy atom. The fourth-order valence-corrected chi connectivity index (χ4v) is 3.83. The van der Waals surface area contributed by atoms with Crippen molar-refractivity contribution < 1.29 is 4.79 Å². The van der Waals surface area contributed by atoms with E-state index in [4.69, 9.17) is 5.10 Å². The second-order valence-corrected chi connectivity index (χ2v) is 8.10. The monoisotopic (exact) mass is 484 g/mol. The minimum atomic E-state index is -0.0677. The van der Waals surface area contributed by atoms with Crippen molar-refractivity contribution in [3.63, 3.8) is 0 Å². The molecular formula is C24H17BrN6O. The molecule has 0 saturated carbocycles. The molecule has 1 N–H and O–H groups in total. The molecule has 8 heteroatoms. The van der Waals surface area contributed by atoms with Crippen molar-refractivity contribution >= 4 is 33.2 Å². The molecule has 0 aliphatic heterocycles. The van der Waals surface area contributed by atoms with E-state index in [2.05, 4.69) is 36.4 Å². The lowest BCUT2D eigenvalue weighted by Gasteiger charge is -2.07. The fraction of sp³-hybridized carbons (Fsp3) is 0.0417. The van der Waals surface area contributed by atoms with E-state index < -0.39 is 0 Å². The van der Waals surface area contributed by atoms with E-state index in [9.17, 15) is 4.79 Å². The molecule has 3 heterocycles. The first-order chi connectivity index (χ1) is 15.7. The number of aromatic nitrogens is 5. The molecule has 3 aromatic heterocycles. The lowest BCUT2D eigenvalue weighted by atomic mass is 10.1. The van der Waals surface area contributed by atoms with Crippen molar-refractivity contribution in [2.45, 2.75) is 6.42 Å². The van der Waals surface area contributed by atoms with Gasteiger partial charge in [0, 0.05) is 33.7 Å². The maximum Gasteiger partial charge on any atom is 0.228 e. The number of nitrogens with zero attached hydrogens (tertiary/aromatic N) is 5. The molecule has 156 valence electrons. The average molecular weight is 485 g/mol. The first-order valence-corrected chi connectivity index (χ1v) is 10.7. The lowest BCUT2D eigenvalue weighted by Crippen LogP contribution is -2.14. The number of nitrogens with one attached hydrogen (secondary N) is 1. The molecule has 1 amide bonds. The van der Waals surface area contributed by atoms with E-state index >= 15 is 0 Å². The molecule has 0 aliphatic carbocycles. The molecule has 0 fully saturated rings. The van der Waals surface area contributed by atoms with Crippen LogP contribution in [-0.2, 0) is 11.2 Å². The van der Waals surface area contributed by atoms with Crippen molar-refractivity contribution in [2.75, 3.05) is 5.32 Å². The zero-order valence-electron chi connectivity index (χ0n) is 16.8. The zero-order chi connectivity index (χ0) is 21.9. The number of carbonyl (C=O) groups is 1. The lowest BCUT2D eigenvalue weighted by molar-refractivity contribution is -0.115. The van der Waals surface area contributed by atoms with Gasteiger partial charge in [0.1, 0.15) is 0 Å². The zero-order valence-corrected chi connectivity index (χ0v) is 18.4. The number of benzene rings is 2. The van der Waals surface area contributed by atoms with Gasteiger partial charge in [-0.05, 0) is 54.1 Å². The van der Waals surface area contributed by atoms with Gasteiger partial charge in [0.25, 0.3) is 0 Å². The molecule has 5 rings (SSSR count). The van der Waals surface area contributed by atoms with Gasteiger partial charge < -0.3 is 5.32 Å². The number of fused-ring (bicyclic) bond motifs is 1. The molecule has 7 nitrogen and oxygen atoms in total. The molecule has 0 radical (unpaired) electrons. The molecule has 2 aromatic carbocycles. The summed E-state index contributed by atoms with van der Waals surface area (Å²) in [5.74, 6) is 0.586. The molecule has 0 spiro atoms. The van der Waals surface area contributed by atoms with Gasteiger partial charge in [-0.15, -0.1) is 10.2 Å². The maximum atomic E-state index is 12.4. The summed E-state index contributed by atoms with van der Waals surface area (Å²) < 4.78 is 2.68. The summed E-state index contributed by atoms with van der Waals surface area (Å²) in [6.07, 6.45) is 3.73. The number of hydrogen-bond acceptors (Lipinski definition) is 5. The van der Waals surface area contributed by atoms with Crippen LogP contribution in [0.5, 0.6) is 0 Å². The van der Waals surface area contributed by atoms with Crippen molar-refractivity contribution in [2.24, 2.45) is 0 Å². The number of hydrogen-bond donors (Lipinski definition) is 1. The first-order valence-electron chi connectivity index (χ1n) is 9.93. The molecule has 32 heavy (non-hydrogen) atoms. The van der Waals surface area contributed by atoms with E-state index in [1.54, 1.807) is 16.9 Å². The van der Waals surface area contributed by atoms with Gasteiger partial charge in [-0.2, -0.15) is 9.61 Å². The second-order valence-electron chi connectivity index (χ2n) is 7.18. The van der Waals surface area contributed by atoms with Gasteiger partial charge in [-0.25, -0.2) is 0 Å². The SMILES string of the molecule is O=C(Cc1cccc(Br)c1)Nc1ccc(-c2ccc3nnc(-c4ccncc4)n3n2)cc1. The Hall–Kier alpha value is -3.91. The van der Waals surface area contributed by atoms with E-state index in [1.165, 1.54) is 0 Å². The van der Waals surface area contributed by atoms with Crippen LogP contribution in [0.1, 0.15) is 5.56 Å². The summed E-state index contributed by atoms with van der Waals surface area (Å²) in [5, 5.41) is 16.1. The Kier molecular flexibility index (Phi) is 5.43. The second kappa shape index (κ2) is 8.68. The minimum absolute atomic E-state index is 0.0677. The van der Waals surface area contributed by atoms with Gasteiger partial charge in [-0.3, -0.25) is 9.78 Å². The van der Waals surface area contributed by atoms with Crippen LogP contribution in [-0.4, -0.2) is 30.7 Å². The maximum absolute atomic E-state index is 12.4. The minimum Gasteiger partial charge on any atom is -0.326 e. The van der Waals surface area contributed by atoms with Gasteiger partial charge in [0.15, 0.2) is 11.5 Å². The molecule has 0 saturated heterocycles. The third-order valence-corrected chi connectivity index (χ3v) is 5.41. The molecular weight excluding hydrogens is 468 g/mol. The Labute approximate surface area is 192 Å². The fourth-order valence-electron chi connectivity index (χ4n) is 3.39. The Morgan fingerprint density at radius 2 is 1.72 bits per heavy atom. The van der Waals surface area contributed by atoms with Gasteiger partial charge in [0.05, 0.1) is 12.1 Å². The quantitative estimate of drug-likeness (QED) is 0.387. The Balaban J connectivity index is 1.35. The van der Waals surface area contributed by atoms with Crippen LogP contribution in [0.25, 0.3) is 28.3 Å². The average Bonchev–Trinajstić information content (AvgIpc) is 3.23. The third kappa shape index (κ3) is 4.26. The van der Waals surface area contributed by atoms with Crippen molar-refractivity contribution in [3.8, 4) is 22.6 Å². The van der Waals surface area contributed by atoms with Crippen LogP contribution in [0.2, 0.25) is 0 Å². The van der Waals surface area contributed by atoms with E-state index in [0.717, 1.165) is 32.5 Å². The number of amides is 1. The van der Waals surface area contributed by atoms with Crippen LogP contribution < -0.4 is 5.32 Å². The molecule has 0 unspecified atom stereocenters. The van der Waals surface area contributed by atoms with Crippen molar-refractivity contribution in [3.05, 3.63) is 95.2 Å². The number of rotatable bonds is 5. The summed E-state index contributed by atoms with van der Waals surface area (Å²) in [5.41, 5.74) is 4.94. The smallest absolute Gasteiger partial charge is 0.228 e. The predicted molar refractivity (Wildman–Crippen MR) is 126 cm³/mol. The summed E-state index contributed by atoms with van der Waals surface area (Å²) in [4.78, 5) is 16.4. The van der Waals surface area contributed by atoms with E-state index in [1.807, 2.05) is 72.8 Å². The highest BCUT2D eigenvalue weighted by Gasteiger charge is 2.11.